The SMILES string of the molecule is CC(C)(NS(=O)(=O)c1ccc(Br)c(C(=O)O)c1)C(N)=O. The third-order valence-corrected chi connectivity index (χ3v) is 4.83. The van der Waals surface area contributed by atoms with Crippen molar-refractivity contribution in [1.82, 2.24) is 4.72 Å². The van der Waals surface area contributed by atoms with Crippen LogP contribution in [0.2, 0.25) is 0 Å². The van der Waals surface area contributed by atoms with Crippen molar-refractivity contribution in [3.63, 3.8) is 0 Å². The molecule has 1 amide bonds. The lowest BCUT2D eigenvalue weighted by atomic mass is 10.1. The third kappa shape index (κ3) is 3.56. The number of halogens is 1. The van der Waals surface area contributed by atoms with E-state index in [0.717, 1.165) is 6.07 Å². The number of nitrogens with two attached hydrogens (primary N) is 1. The molecule has 7 nitrogen and oxygen atoms in total. The molecule has 1 rings (SSSR count). The number of carboxylic acid groups (broad SMARTS) is 1. The molecule has 0 spiro atoms. The third-order valence-electron chi connectivity index (χ3n) is 2.48. The predicted molar refractivity (Wildman–Crippen MR) is 74.7 cm³/mol. The Morgan fingerprint density at radius 2 is 1.90 bits per heavy atom. The van der Waals surface area contributed by atoms with Crippen LogP contribution < -0.4 is 10.5 Å². The summed E-state index contributed by atoms with van der Waals surface area (Å²) in [5, 5.41) is 8.96. The van der Waals surface area contributed by atoms with Gasteiger partial charge in [0.1, 0.15) is 5.54 Å². The second-order valence-electron chi connectivity index (χ2n) is 4.54. The molecular weight excluding hydrogens is 352 g/mol. The van der Waals surface area contributed by atoms with Crippen molar-refractivity contribution in [2.75, 3.05) is 0 Å². The van der Waals surface area contributed by atoms with E-state index in [1.54, 1.807) is 0 Å². The minimum Gasteiger partial charge on any atom is -0.478 e. The lowest BCUT2D eigenvalue weighted by Crippen LogP contribution is -2.52. The van der Waals surface area contributed by atoms with E-state index in [1.165, 1.54) is 26.0 Å². The Morgan fingerprint density at radius 3 is 2.35 bits per heavy atom. The van der Waals surface area contributed by atoms with Gasteiger partial charge in [-0.15, -0.1) is 0 Å². The lowest BCUT2D eigenvalue weighted by Gasteiger charge is -2.22. The Balaban J connectivity index is 3.27. The molecular formula is C11H13BrN2O5S. The summed E-state index contributed by atoms with van der Waals surface area (Å²) in [4.78, 5) is 21.9. The van der Waals surface area contributed by atoms with E-state index in [4.69, 9.17) is 10.8 Å². The summed E-state index contributed by atoms with van der Waals surface area (Å²) in [6, 6.07) is 3.51. The van der Waals surface area contributed by atoms with E-state index in [9.17, 15) is 18.0 Å². The normalized spacial score (nSPS) is 12.2. The largest absolute Gasteiger partial charge is 0.478 e. The first-order chi connectivity index (χ1) is 8.97. The molecule has 0 atom stereocenters. The Bertz CT molecular complexity index is 669. The number of hydrogen-bond acceptors (Lipinski definition) is 4. The number of aromatic carboxylic acids is 1. The fraction of sp³-hybridized carbons (Fsp3) is 0.273. The molecule has 0 aliphatic carbocycles. The molecule has 0 heterocycles. The number of primary amides is 1. The Labute approximate surface area is 124 Å². The minimum atomic E-state index is -4.07. The molecule has 4 N–H and O–H groups in total. The van der Waals surface area contributed by atoms with Crippen molar-refractivity contribution >= 4 is 37.8 Å². The van der Waals surface area contributed by atoms with Crippen molar-refractivity contribution in [2.24, 2.45) is 5.73 Å². The van der Waals surface area contributed by atoms with Crippen molar-refractivity contribution in [1.29, 1.82) is 0 Å². The monoisotopic (exact) mass is 364 g/mol. The molecule has 9 heteroatoms. The van der Waals surface area contributed by atoms with Crippen LogP contribution in [0.25, 0.3) is 0 Å². The number of carbonyl (C=O) groups is 2. The number of nitrogens with one attached hydrogen (secondary N) is 1. The first-order valence-electron chi connectivity index (χ1n) is 5.34. The number of carboxylic acids is 1. The molecule has 20 heavy (non-hydrogen) atoms. The molecule has 0 unspecified atom stereocenters. The van der Waals surface area contributed by atoms with Gasteiger partial charge in [-0.1, -0.05) is 0 Å². The topological polar surface area (TPSA) is 127 Å². The van der Waals surface area contributed by atoms with Gasteiger partial charge in [-0.3, -0.25) is 4.79 Å². The summed E-state index contributed by atoms with van der Waals surface area (Å²) in [7, 11) is -4.07. The highest BCUT2D eigenvalue weighted by Gasteiger charge is 2.31. The quantitative estimate of drug-likeness (QED) is 0.708. The summed E-state index contributed by atoms with van der Waals surface area (Å²) in [6.45, 7) is 2.62. The average molecular weight is 365 g/mol. The minimum absolute atomic E-state index is 0.204. The maximum absolute atomic E-state index is 12.1. The highest BCUT2D eigenvalue weighted by Crippen LogP contribution is 2.22. The average Bonchev–Trinajstić information content (AvgIpc) is 2.27. The Morgan fingerprint density at radius 1 is 1.35 bits per heavy atom. The molecule has 0 saturated heterocycles. The summed E-state index contributed by atoms with van der Waals surface area (Å²) in [5.41, 5.74) is 3.40. The molecule has 0 saturated carbocycles. The molecule has 0 fully saturated rings. The van der Waals surface area contributed by atoms with E-state index in [0.29, 0.717) is 0 Å². The second kappa shape index (κ2) is 5.51. The van der Waals surface area contributed by atoms with E-state index >= 15 is 0 Å². The summed E-state index contributed by atoms with van der Waals surface area (Å²) >= 11 is 3.01. The van der Waals surface area contributed by atoms with Gasteiger partial charge in [0, 0.05) is 4.47 Å². The van der Waals surface area contributed by atoms with Crippen molar-refractivity contribution in [3.8, 4) is 0 Å². The maximum atomic E-state index is 12.1. The highest BCUT2D eigenvalue weighted by atomic mass is 79.9. The molecule has 0 aromatic heterocycles. The van der Waals surface area contributed by atoms with Crippen molar-refractivity contribution in [3.05, 3.63) is 28.2 Å². The van der Waals surface area contributed by atoms with Crippen LogP contribution >= 0.6 is 15.9 Å². The molecule has 0 aliphatic heterocycles. The van der Waals surface area contributed by atoms with E-state index in [1.807, 2.05) is 0 Å². The number of hydrogen-bond donors (Lipinski definition) is 3. The van der Waals surface area contributed by atoms with Crippen LogP contribution in [-0.4, -0.2) is 30.9 Å². The van der Waals surface area contributed by atoms with Gasteiger partial charge < -0.3 is 10.8 Å². The first-order valence-corrected chi connectivity index (χ1v) is 7.62. The Hall–Kier alpha value is -1.45. The molecule has 0 bridgehead atoms. The van der Waals surface area contributed by atoms with Crippen LogP contribution in [0.4, 0.5) is 0 Å². The van der Waals surface area contributed by atoms with Crippen molar-refractivity contribution < 1.29 is 23.1 Å². The fourth-order valence-corrected chi connectivity index (χ4v) is 3.11. The first kappa shape index (κ1) is 16.6. The van der Waals surface area contributed by atoms with Crippen LogP contribution in [0.1, 0.15) is 24.2 Å². The van der Waals surface area contributed by atoms with Crippen molar-refractivity contribution in [2.45, 2.75) is 24.3 Å². The summed E-state index contributed by atoms with van der Waals surface area (Å²) in [6.07, 6.45) is 0. The molecule has 1 aromatic rings. The van der Waals surface area contributed by atoms with Crippen LogP contribution in [-0.2, 0) is 14.8 Å². The van der Waals surface area contributed by atoms with Gasteiger partial charge in [0.25, 0.3) is 0 Å². The van der Waals surface area contributed by atoms with Gasteiger partial charge in [0.2, 0.25) is 15.9 Å². The fourth-order valence-electron chi connectivity index (χ4n) is 1.28. The van der Waals surface area contributed by atoms with Gasteiger partial charge >= 0.3 is 5.97 Å². The number of sulfonamides is 1. The predicted octanol–water partition coefficient (Wildman–Crippen LogP) is 0.690. The second-order valence-corrected chi connectivity index (χ2v) is 7.08. The Kier molecular flexibility index (Phi) is 4.57. The molecule has 0 radical (unpaired) electrons. The number of carbonyl (C=O) groups excluding carboxylic acids is 1. The van der Waals surface area contributed by atoms with Gasteiger partial charge in [-0.05, 0) is 48.0 Å². The zero-order valence-electron chi connectivity index (χ0n) is 10.7. The number of amides is 1. The van der Waals surface area contributed by atoms with Crippen LogP contribution in [0.5, 0.6) is 0 Å². The highest BCUT2D eigenvalue weighted by molar-refractivity contribution is 9.10. The van der Waals surface area contributed by atoms with E-state index < -0.39 is 27.4 Å². The summed E-state index contributed by atoms with van der Waals surface area (Å²) < 4.78 is 26.6. The molecule has 1 aromatic carbocycles. The van der Waals surface area contributed by atoms with Gasteiger partial charge in [-0.2, -0.15) is 4.72 Å². The number of rotatable bonds is 5. The van der Waals surface area contributed by atoms with Crippen LogP contribution in [0.3, 0.4) is 0 Å². The standard InChI is InChI=1S/C11H13BrN2O5S/c1-11(2,10(13)17)14-20(18,19)6-3-4-8(12)7(5-6)9(15)16/h3-5,14H,1-2H3,(H2,13,17)(H,15,16). The van der Waals surface area contributed by atoms with Gasteiger partial charge in [-0.25, -0.2) is 13.2 Å². The number of benzene rings is 1. The van der Waals surface area contributed by atoms with Crippen LogP contribution in [0, 0.1) is 0 Å². The van der Waals surface area contributed by atoms with E-state index in [2.05, 4.69) is 20.7 Å². The lowest BCUT2D eigenvalue weighted by molar-refractivity contribution is -0.122. The molecule has 110 valence electrons. The van der Waals surface area contributed by atoms with Gasteiger partial charge in [0.05, 0.1) is 10.5 Å². The zero-order valence-corrected chi connectivity index (χ0v) is 13.1. The van der Waals surface area contributed by atoms with Crippen LogP contribution in [0.15, 0.2) is 27.6 Å². The smallest absolute Gasteiger partial charge is 0.336 e. The van der Waals surface area contributed by atoms with Gasteiger partial charge in [0.15, 0.2) is 0 Å². The summed E-state index contributed by atoms with van der Waals surface area (Å²) in [5.74, 6) is -2.13. The maximum Gasteiger partial charge on any atom is 0.336 e. The molecule has 0 aliphatic rings. The zero-order chi connectivity index (χ0) is 15.7. The van der Waals surface area contributed by atoms with E-state index in [-0.39, 0.29) is 14.9 Å².